The molecule has 12 heteroatoms. The van der Waals surface area contributed by atoms with Gasteiger partial charge in [-0.2, -0.15) is 18.2 Å². The molecule has 2 N–H and O–H groups in total. The van der Waals surface area contributed by atoms with E-state index in [1.165, 1.54) is 39.5 Å². The monoisotopic (exact) mass is 545 g/mol. The average molecular weight is 546 g/mol. The summed E-state index contributed by atoms with van der Waals surface area (Å²) in [6.07, 6.45) is -1.51. The van der Waals surface area contributed by atoms with E-state index in [0.717, 1.165) is 12.5 Å². The van der Waals surface area contributed by atoms with Crippen LogP contribution in [0.25, 0.3) is 0 Å². The molecule has 2 heterocycles. The Hall–Kier alpha value is -4.22. The lowest BCUT2D eigenvalue weighted by Crippen LogP contribution is -2.43. The van der Waals surface area contributed by atoms with E-state index in [1.807, 2.05) is 4.90 Å². The summed E-state index contributed by atoms with van der Waals surface area (Å²) in [7, 11) is 4.57. The molecule has 2 aromatic carbocycles. The molecule has 4 rings (SSSR count). The number of alkyl halides is 3. The van der Waals surface area contributed by atoms with Crippen LogP contribution in [-0.4, -0.2) is 50.3 Å². The van der Waals surface area contributed by atoms with Crippen LogP contribution >= 0.6 is 0 Å². The maximum absolute atomic E-state index is 13.3. The van der Waals surface area contributed by atoms with Crippen molar-refractivity contribution in [3.8, 4) is 17.2 Å². The predicted molar refractivity (Wildman–Crippen MR) is 140 cm³/mol. The van der Waals surface area contributed by atoms with Gasteiger partial charge in [0.15, 0.2) is 11.5 Å². The summed E-state index contributed by atoms with van der Waals surface area (Å²) in [5.74, 6) is 1.67. The molecule has 1 aliphatic heterocycles. The van der Waals surface area contributed by atoms with Crippen molar-refractivity contribution in [3.63, 3.8) is 0 Å². The normalized spacial score (nSPS) is 15.4. The molecule has 1 aliphatic rings. The zero-order chi connectivity index (χ0) is 28.0. The number of carbonyl (C=O) groups is 1. The van der Waals surface area contributed by atoms with Crippen LogP contribution in [0.5, 0.6) is 17.2 Å². The topological polar surface area (TPSA) is 97.8 Å². The number of ether oxygens (including phenoxy) is 3. The second-order valence-corrected chi connectivity index (χ2v) is 8.94. The number of benzene rings is 2. The summed E-state index contributed by atoms with van der Waals surface area (Å²) in [4.78, 5) is 23.8. The van der Waals surface area contributed by atoms with Crippen LogP contribution in [0.3, 0.4) is 0 Å². The number of hydrogen-bond donors (Lipinski definition) is 2. The van der Waals surface area contributed by atoms with E-state index in [4.69, 9.17) is 14.2 Å². The van der Waals surface area contributed by atoms with Gasteiger partial charge >= 0.3 is 6.18 Å². The first-order valence-corrected chi connectivity index (χ1v) is 12.3. The van der Waals surface area contributed by atoms with Crippen LogP contribution in [-0.2, 0) is 17.5 Å². The molecule has 0 saturated carbocycles. The van der Waals surface area contributed by atoms with Gasteiger partial charge in [0, 0.05) is 43.7 Å². The molecule has 1 atom stereocenters. The number of nitrogens with one attached hydrogen (secondary N) is 2. The first-order valence-electron chi connectivity index (χ1n) is 12.3. The minimum Gasteiger partial charge on any atom is -0.493 e. The van der Waals surface area contributed by atoms with Crippen LogP contribution in [0.2, 0.25) is 0 Å². The molecule has 9 nitrogen and oxygen atoms in total. The number of carbonyl (C=O) groups excluding carboxylic acids is 1. The van der Waals surface area contributed by atoms with Crippen molar-refractivity contribution >= 4 is 23.4 Å². The summed E-state index contributed by atoms with van der Waals surface area (Å²) in [5, 5.41) is 5.82. The Morgan fingerprint density at radius 3 is 2.46 bits per heavy atom. The van der Waals surface area contributed by atoms with Crippen molar-refractivity contribution in [2.45, 2.75) is 25.6 Å². The Bertz CT molecular complexity index is 1280. The summed E-state index contributed by atoms with van der Waals surface area (Å²) in [5.41, 5.74) is -0.0929. The molecule has 0 aliphatic carbocycles. The van der Waals surface area contributed by atoms with E-state index in [-0.39, 0.29) is 18.0 Å². The highest BCUT2D eigenvalue weighted by molar-refractivity contribution is 5.79. The van der Waals surface area contributed by atoms with Gasteiger partial charge in [-0.3, -0.25) is 4.79 Å². The van der Waals surface area contributed by atoms with Gasteiger partial charge in [0.05, 0.1) is 32.8 Å². The predicted octanol–water partition coefficient (Wildman–Crippen LogP) is 4.80. The molecule has 208 valence electrons. The SMILES string of the molecule is COc1cc(Nc2nccc(N3CCC[C@H](C(=O)NCc4ccccc4C(F)(F)F)C3)n2)cc(OC)c1OC. The van der Waals surface area contributed by atoms with E-state index in [9.17, 15) is 18.0 Å². The summed E-state index contributed by atoms with van der Waals surface area (Å²) < 4.78 is 56.0. The van der Waals surface area contributed by atoms with Gasteiger partial charge in [-0.25, -0.2) is 4.98 Å². The third-order valence-corrected chi connectivity index (χ3v) is 6.45. The fourth-order valence-electron chi connectivity index (χ4n) is 4.54. The number of methoxy groups -OCH3 is 3. The van der Waals surface area contributed by atoms with Crippen LogP contribution in [0, 0.1) is 5.92 Å². The molecule has 3 aromatic rings. The van der Waals surface area contributed by atoms with E-state index in [1.54, 1.807) is 24.4 Å². The van der Waals surface area contributed by atoms with E-state index >= 15 is 0 Å². The molecule has 0 bridgehead atoms. The van der Waals surface area contributed by atoms with Gasteiger partial charge in [-0.1, -0.05) is 18.2 Å². The smallest absolute Gasteiger partial charge is 0.416 e. The van der Waals surface area contributed by atoms with Gasteiger partial charge in [-0.05, 0) is 30.5 Å². The quantitative estimate of drug-likeness (QED) is 0.396. The highest BCUT2D eigenvalue weighted by Gasteiger charge is 2.33. The fraction of sp³-hybridized carbons (Fsp3) is 0.370. The lowest BCUT2D eigenvalue weighted by atomic mass is 9.97. The third-order valence-electron chi connectivity index (χ3n) is 6.45. The van der Waals surface area contributed by atoms with E-state index in [0.29, 0.717) is 54.2 Å². The molecule has 1 aromatic heterocycles. The van der Waals surface area contributed by atoms with Crippen molar-refractivity contribution in [1.82, 2.24) is 15.3 Å². The Balaban J connectivity index is 1.43. The lowest BCUT2D eigenvalue weighted by molar-refractivity contribution is -0.138. The number of rotatable bonds is 9. The molecular formula is C27H30F3N5O4. The largest absolute Gasteiger partial charge is 0.493 e. The Morgan fingerprint density at radius 2 is 1.79 bits per heavy atom. The second kappa shape index (κ2) is 12.1. The summed E-state index contributed by atoms with van der Waals surface area (Å²) >= 11 is 0. The number of nitrogens with zero attached hydrogens (tertiary/aromatic N) is 3. The van der Waals surface area contributed by atoms with Crippen molar-refractivity contribution < 1.29 is 32.2 Å². The molecule has 39 heavy (non-hydrogen) atoms. The Kier molecular flexibility index (Phi) is 8.62. The zero-order valence-corrected chi connectivity index (χ0v) is 21.8. The van der Waals surface area contributed by atoms with E-state index in [2.05, 4.69) is 20.6 Å². The van der Waals surface area contributed by atoms with Gasteiger partial charge in [-0.15, -0.1) is 0 Å². The molecule has 1 amide bonds. The van der Waals surface area contributed by atoms with Crippen molar-refractivity contribution in [1.29, 1.82) is 0 Å². The highest BCUT2D eigenvalue weighted by Crippen LogP contribution is 2.40. The van der Waals surface area contributed by atoms with Crippen molar-refractivity contribution in [2.24, 2.45) is 5.92 Å². The molecule has 0 unspecified atom stereocenters. The lowest BCUT2D eigenvalue weighted by Gasteiger charge is -2.33. The number of anilines is 3. The van der Waals surface area contributed by atoms with Crippen LogP contribution in [0.4, 0.5) is 30.6 Å². The van der Waals surface area contributed by atoms with Gasteiger partial charge in [0.25, 0.3) is 0 Å². The van der Waals surface area contributed by atoms with Crippen molar-refractivity contribution in [2.75, 3.05) is 44.6 Å². The summed E-state index contributed by atoms with van der Waals surface area (Å²) in [6.45, 7) is 0.871. The molecule has 0 radical (unpaired) electrons. The van der Waals surface area contributed by atoms with Crippen LogP contribution < -0.4 is 29.7 Å². The van der Waals surface area contributed by atoms with Gasteiger partial charge in [0.1, 0.15) is 5.82 Å². The van der Waals surface area contributed by atoms with Crippen LogP contribution in [0.15, 0.2) is 48.7 Å². The molecule has 1 saturated heterocycles. The van der Waals surface area contributed by atoms with Crippen molar-refractivity contribution in [3.05, 3.63) is 59.8 Å². The Morgan fingerprint density at radius 1 is 1.08 bits per heavy atom. The maximum Gasteiger partial charge on any atom is 0.416 e. The summed E-state index contributed by atoms with van der Waals surface area (Å²) in [6, 6.07) is 10.5. The second-order valence-electron chi connectivity index (χ2n) is 8.94. The molecule has 1 fully saturated rings. The number of halogens is 3. The van der Waals surface area contributed by atoms with E-state index < -0.39 is 17.7 Å². The zero-order valence-electron chi connectivity index (χ0n) is 21.8. The fourth-order valence-corrected chi connectivity index (χ4v) is 4.54. The first-order chi connectivity index (χ1) is 18.7. The molecular weight excluding hydrogens is 515 g/mol. The number of hydrogen-bond acceptors (Lipinski definition) is 8. The number of piperidine rings is 1. The minimum absolute atomic E-state index is 0.0318. The van der Waals surface area contributed by atoms with Gasteiger partial charge < -0.3 is 29.7 Å². The minimum atomic E-state index is -4.48. The Labute approximate surface area is 224 Å². The first kappa shape index (κ1) is 27.8. The number of amides is 1. The third kappa shape index (κ3) is 6.62. The number of aromatic nitrogens is 2. The maximum atomic E-state index is 13.3. The standard InChI is InChI=1S/C27H30F3N5O4/c1-37-21-13-19(14-22(38-2)24(21)39-3)33-26-31-11-10-23(34-26)35-12-6-8-18(16-35)25(36)32-15-17-7-4-5-9-20(17)27(28,29)30/h4-5,7,9-11,13-14,18H,6,8,12,15-16H2,1-3H3,(H,32,36)(H,31,33,34)/t18-/m0/s1. The highest BCUT2D eigenvalue weighted by atomic mass is 19.4. The van der Waals surface area contributed by atoms with Crippen LogP contribution in [0.1, 0.15) is 24.0 Å². The molecule has 0 spiro atoms. The van der Waals surface area contributed by atoms with Gasteiger partial charge in [0.2, 0.25) is 17.6 Å². The average Bonchev–Trinajstić information content (AvgIpc) is 2.95.